The normalized spacial score (nSPS) is 11.7. The summed E-state index contributed by atoms with van der Waals surface area (Å²) in [6, 6.07) is 13.0. The number of nitrogens with one attached hydrogen (secondary N) is 2. The van der Waals surface area contributed by atoms with Crippen LogP contribution in [0.5, 0.6) is 5.75 Å². The molecule has 2 N–H and O–H groups in total. The second kappa shape index (κ2) is 8.77. The highest BCUT2D eigenvalue weighted by molar-refractivity contribution is 6.04. The summed E-state index contributed by atoms with van der Waals surface area (Å²) in [4.78, 5) is 15.0. The van der Waals surface area contributed by atoms with Crippen LogP contribution in [0.15, 0.2) is 60.7 Å². The maximum absolute atomic E-state index is 12.9. The number of nitrogens with zero attached hydrogens (tertiary/aromatic N) is 1. The lowest BCUT2D eigenvalue weighted by atomic mass is 10.2. The van der Waals surface area contributed by atoms with Crippen molar-refractivity contribution in [3.63, 3.8) is 0 Å². The maximum atomic E-state index is 12.9. The van der Waals surface area contributed by atoms with Crippen LogP contribution in [0.4, 0.5) is 43.4 Å². The fourth-order valence-electron chi connectivity index (χ4n) is 2.66. The Hall–Kier alpha value is -3.76. The van der Waals surface area contributed by atoms with Crippen molar-refractivity contribution < 1.29 is 35.9 Å². The van der Waals surface area contributed by atoms with E-state index in [1.165, 1.54) is 37.4 Å². The second-order valence-electron chi connectivity index (χ2n) is 6.51. The second-order valence-corrected chi connectivity index (χ2v) is 6.51. The number of methoxy groups -OCH3 is 1. The van der Waals surface area contributed by atoms with Crippen LogP contribution >= 0.6 is 0 Å². The van der Waals surface area contributed by atoms with E-state index < -0.39 is 35.3 Å². The van der Waals surface area contributed by atoms with E-state index in [-0.39, 0.29) is 5.69 Å². The van der Waals surface area contributed by atoms with Crippen molar-refractivity contribution in [3.8, 4) is 5.75 Å². The quantitative estimate of drug-likeness (QED) is 0.455. The van der Waals surface area contributed by atoms with Gasteiger partial charge >= 0.3 is 12.4 Å². The van der Waals surface area contributed by atoms with Gasteiger partial charge in [0.05, 0.1) is 7.11 Å². The summed E-state index contributed by atoms with van der Waals surface area (Å²) in [5, 5.41) is 5.12. The van der Waals surface area contributed by atoms with Gasteiger partial charge < -0.3 is 15.4 Å². The molecule has 5 nitrogen and oxygen atoms in total. The summed E-state index contributed by atoms with van der Waals surface area (Å²) >= 11 is 0. The van der Waals surface area contributed by atoms with Crippen molar-refractivity contribution in [3.05, 3.63) is 77.6 Å². The van der Waals surface area contributed by atoms with Crippen LogP contribution in [0.1, 0.15) is 21.7 Å². The molecule has 1 heterocycles. The molecule has 1 amide bonds. The molecule has 0 fully saturated rings. The van der Waals surface area contributed by atoms with E-state index in [9.17, 15) is 31.1 Å². The third-order valence-corrected chi connectivity index (χ3v) is 4.17. The Morgan fingerprint density at radius 2 is 1.38 bits per heavy atom. The number of hydrogen-bond donors (Lipinski definition) is 2. The molecule has 0 saturated carbocycles. The molecular formula is C21H15F6N3O2. The van der Waals surface area contributed by atoms with Gasteiger partial charge in [-0.25, -0.2) is 4.98 Å². The molecule has 0 aliphatic rings. The van der Waals surface area contributed by atoms with Gasteiger partial charge in [-0.05, 0) is 54.6 Å². The van der Waals surface area contributed by atoms with E-state index in [0.717, 1.165) is 0 Å². The molecule has 1 aromatic heterocycles. The van der Waals surface area contributed by atoms with Crippen LogP contribution in [0.3, 0.4) is 0 Å². The number of aromatic nitrogens is 1. The minimum atomic E-state index is -5.05. The number of rotatable bonds is 5. The lowest BCUT2D eigenvalue weighted by Gasteiger charge is -2.14. The number of alkyl halides is 6. The summed E-state index contributed by atoms with van der Waals surface area (Å²) in [5.74, 6) is 0.0642. The summed E-state index contributed by atoms with van der Waals surface area (Å²) in [7, 11) is 1.46. The van der Waals surface area contributed by atoms with Gasteiger partial charge in [0, 0.05) is 22.6 Å². The molecule has 0 aliphatic heterocycles. The van der Waals surface area contributed by atoms with Gasteiger partial charge in [0.2, 0.25) is 0 Å². The fraction of sp³-hybridized carbons (Fsp3) is 0.143. The zero-order valence-corrected chi connectivity index (χ0v) is 16.3. The van der Waals surface area contributed by atoms with Crippen LogP contribution in [0.25, 0.3) is 0 Å². The number of amides is 1. The summed E-state index contributed by atoms with van der Waals surface area (Å²) in [5.41, 5.74) is -2.87. The van der Waals surface area contributed by atoms with Crippen LogP contribution in [-0.4, -0.2) is 18.0 Å². The Balaban J connectivity index is 1.77. The van der Waals surface area contributed by atoms with Crippen molar-refractivity contribution in [2.24, 2.45) is 0 Å². The Bertz CT molecular complexity index is 1080. The van der Waals surface area contributed by atoms with Crippen LogP contribution in [0.2, 0.25) is 0 Å². The van der Waals surface area contributed by atoms with E-state index >= 15 is 0 Å². The summed E-state index contributed by atoms with van der Waals surface area (Å²) in [6.07, 6.45) is -10.1. The molecule has 11 heteroatoms. The van der Waals surface area contributed by atoms with Gasteiger partial charge in [-0.3, -0.25) is 4.79 Å². The van der Waals surface area contributed by atoms with E-state index in [4.69, 9.17) is 4.74 Å². The average molecular weight is 455 g/mol. The first-order valence-corrected chi connectivity index (χ1v) is 8.95. The van der Waals surface area contributed by atoms with Gasteiger partial charge in [-0.1, -0.05) is 6.07 Å². The molecule has 3 aromatic rings. The number of carbonyl (C=O) groups is 1. The molecule has 32 heavy (non-hydrogen) atoms. The van der Waals surface area contributed by atoms with Gasteiger partial charge in [-0.15, -0.1) is 0 Å². The third-order valence-electron chi connectivity index (χ3n) is 4.17. The number of benzene rings is 2. The predicted octanol–water partition coefficient (Wildman–Crippen LogP) is 6.12. The van der Waals surface area contributed by atoms with Crippen molar-refractivity contribution >= 4 is 23.0 Å². The first-order chi connectivity index (χ1) is 15.0. The van der Waals surface area contributed by atoms with Gasteiger partial charge in [-0.2, -0.15) is 26.3 Å². The highest BCUT2D eigenvalue weighted by atomic mass is 19.4. The van der Waals surface area contributed by atoms with E-state index in [2.05, 4.69) is 15.6 Å². The van der Waals surface area contributed by atoms with Gasteiger partial charge in [0.1, 0.15) is 17.1 Å². The van der Waals surface area contributed by atoms with Crippen molar-refractivity contribution in [2.75, 3.05) is 17.7 Å². The molecule has 3 rings (SSSR count). The minimum absolute atomic E-state index is 0.205. The summed E-state index contributed by atoms with van der Waals surface area (Å²) in [6.45, 7) is 0. The van der Waals surface area contributed by atoms with Crippen LogP contribution < -0.4 is 15.4 Å². The maximum Gasteiger partial charge on any atom is 0.433 e. The molecule has 0 unspecified atom stereocenters. The molecule has 0 atom stereocenters. The highest BCUT2D eigenvalue weighted by Crippen LogP contribution is 2.35. The Labute approximate surface area is 178 Å². The molecule has 0 saturated heterocycles. The first-order valence-electron chi connectivity index (χ1n) is 8.95. The number of anilines is 3. The van der Waals surface area contributed by atoms with Crippen LogP contribution in [-0.2, 0) is 12.4 Å². The molecule has 0 spiro atoms. The third kappa shape index (κ3) is 5.68. The number of halogens is 6. The lowest BCUT2D eigenvalue weighted by Crippen LogP contribution is -2.15. The zero-order chi connectivity index (χ0) is 23.5. The topological polar surface area (TPSA) is 63.2 Å². The van der Waals surface area contributed by atoms with E-state index in [1.54, 1.807) is 18.2 Å². The largest absolute Gasteiger partial charge is 0.497 e. The summed E-state index contributed by atoms with van der Waals surface area (Å²) < 4.78 is 82.6. The number of carbonyl (C=O) groups excluding carboxylic acids is 1. The molecular weight excluding hydrogens is 440 g/mol. The van der Waals surface area contributed by atoms with Crippen molar-refractivity contribution in [1.82, 2.24) is 4.98 Å². The van der Waals surface area contributed by atoms with Crippen LogP contribution in [0, 0.1) is 0 Å². The predicted molar refractivity (Wildman–Crippen MR) is 105 cm³/mol. The zero-order valence-electron chi connectivity index (χ0n) is 16.3. The number of ether oxygens (including phenoxy) is 1. The molecule has 2 aromatic carbocycles. The monoisotopic (exact) mass is 455 g/mol. The molecule has 0 bridgehead atoms. The minimum Gasteiger partial charge on any atom is -0.497 e. The highest BCUT2D eigenvalue weighted by Gasteiger charge is 2.38. The molecule has 0 aliphatic carbocycles. The standard InChI is InChI=1S/C21H15F6N3O2/c1-32-16-4-2-3-12(9-16)19(31)29-14-7-5-13(6-8-14)28-15-10-17(20(22,23)24)30-18(11-15)21(25,26)27/h2-11H,1H3,(H,28,30)(H,29,31). The fourth-order valence-corrected chi connectivity index (χ4v) is 2.66. The average Bonchev–Trinajstić information content (AvgIpc) is 2.73. The first kappa shape index (κ1) is 22.9. The Morgan fingerprint density at radius 3 is 1.91 bits per heavy atom. The Kier molecular flexibility index (Phi) is 6.28. The Morgan fingerprint density at radius 1 is 0.812 bits per heavy atom. The lowest BCUT2D eigenvalue weighted by molar-refractivity contribution is -0.150. The SMILES string of the molecule is COc1cccc(C(=O)Nc2ccc(Nc3cc(C(F)(F)F)nc(C(F)(F)F)c3)cc2)c1. The smallest absolute Gasteiger partial charge is 0.433 e. The number of pyridine rings is 1. The molecule has 0 radical (unpaired) electrons. The van der Waals surface area contributed by atoms with Gasteiger partial charge in [0.15, 0.2) is 0 Å². The van der Waals surface area contributed by atoms with Crippen molar-refractivity contribution in [1.29, 1.82) is 0 Å². The van der Waals surface area contributed by atoms with Crippen molar-refractivity contribution in [2.45, 2.75) is 12.4 Å². The molecule has 168 valence electrons. The van der Waals surface area contributed by atoms with E-state index in [1.807, 2.05) is 0 Å². The van der Waals surface area contributed by atoms with E-state index in [0.29, 0.717) is 29.1 Å². The van der Waals surface area contributed by atoms with Gasteiger partial charge in [0.25, 0.3) is 5.91 Å². The number of hydrogen-bond acceptors (Lipinski definition) is 4.